The summed E-state index contributed by atoms with van der Waals surface area (Å²) in [4.78, 5) is 19.7. The Hall–Kier alpha value is -4.16. The number of nitrogens with zero attached hydrogens (tertiary/aromatic N) is 2. The molecule has 1 amide bonds. The predicted molar refractivity (Wildman–Crippen MR) is 145 cm³/mol. The molecule has 6 rings (SSSR count). The molecule has 178 valence electrons. The van der Waals surface area contributed by atoms with Crippen molar-refractivity contribution in [3.63, 3.8) is 0 Å². The molecule has 36 heavy (non-hydrogen) atoms. The molecule has 0 fully saturated rings. The van der Waals surface area contributed by atoms with Crippen molar-refractivity contribution < 1.29 is 14.3 Å². The lowest BCUT2D eigenvalue weighted by atomic mass is 10.1. The van der Waals surface area contributed by atoms with E-state index in [2.05, 4.69) is 24.3 Å². The van der Waals surface area contributed by atoms with E-state index in [9.17, 15) is 4.79 Å². The van der Waals surface area contributed by atoms with Gasteiger partial charge in [-0.25, -0.2) is 4.98 Å². The second-order valence-electron chi connectivity index (χ2n) is 8.66. The largest absolute Gasteiger partial charge is 0.491 e. The first kappa shape index (κ1) is 22.3. The standard InChI is InChI=1S/C30H24N2O3S/c1-20-30(33)32(16-17-34-27-13-7-11-21-8-5-6-12-24(21)27)26-18-23(14-15-28(26)35-20)25-19-36-29(31-25)22-9-3-2-4-10-22/h2-15,18-20H,16-17H2,1H3. The van der Waals surface area contributed by atoms with Crippen LogP contribution in [0.1, 0.15) is 6.92 Å². The summed E-state index contributed by atoms with van der Waals surface area (Å²) in [7, 11) is 0. The maximum atomic E-state index is 13.1. The molecular weight excluding hydrogens is 468 g/mol. The molecule has 1 aliphatic heterocycles. The summed E-state index contributed by atoms with van der Waals surface area (Å²) in [6.45, 7) is 2.56. The monoisotopic (exact) mass is 492 g/mol. The van der Waals surface area contributed by atoms with Crippen molar-refractivity contribution in [2.24, 2.45) is 0 Å². The number of amides is 1. The van der Waals surface area contributed by atoms with Crippen LogP contribution in [0.25, 0.3) is 32.6 Å². The van der Waals surface area contributed by atoms with E-state index in [0.717, 1.165) is 44.0 Å². The summed E-state index contributed by atoms with van der Waals surface area (Å²) in [6.07, 6.45) is -0.551. The van der Waals surface area contributed by atoms with Crippen LogP contribution in [0, 0.1) is 0 Å². The Morgan fingerprint density at radius 3 is 2.64 bits per heavy atom. The number of hydrogen-bond acceptors (Lipinski definition) is 5. The zero-order valence-corrected chi connectivity index (χ0v) is 20.6. The van der Waals surface area contributed by atoms with Crippen LogP contribution in [0.2, 0.25) is 0 Å². The molecule has 6 heteroatoms. The molecule has 0 radical (unpaired) electrons. The van der Waals surface area contributed by atoms with Gasteiger partial charge in [-0.3, -0.25) is 4.79 Å². The molecule has 0 N–H and O–H groups in total. The number of benzene rings is 4. The third kappa shape index (κ3) is 4.20. The van der Waals surface area contributed by atoms with Crippen molar-refractivity contribution in [3.8, 4) is 33.3 Å². The van der Waals surface area contributed by atoms with Crippen LogP contribution in [-0.4, -0.2) is 30.1 Å². The highest BCUT2D eigenvalue weighted by molar-refractivity contribution is 7.13. The molecule has 2 heterocycles. The van der Waals surface area contributed by atoms with Gasteiger partial charge in [0.25, 0.3) is 5.91 Å². The average molecular weight is 493 g/mol. The van der Waals surface area contributed by atoms with Crippen molar-refractivity contribution in [2.45, 2.75) is 13.0 Å². The van der Waals surface area contributed by atoms with Gasteiger partial charge < -0.3 is 14.4 Å². The van der Waals surface area contributed by atoms with E-state index in [1.54, 1.807) is 23.2 Å². The Bertz CT molecular complexity index is 1540. The van der Waals surface area contributed by atoms with Crippen molar-refractivity contribution in [1.29, 1.82) is 0 Å². The number of carbonyl (C=O) groups is 1. The first-order chi connectivity index (χ1) is 17.7. The van der Waals surface area contributed by atoms with E-state index in [0.29, 0.717) is 18.9 Å². The topological polar surface area (TPSA) is 51.7 Å². The minimum Gasteiger partial charge on any atom is -0.491 e. The quantitative estimate of drug-likeness (QED) is 0.261. The number of hydrogen-bond donors (Lipinski definition) is 0. The van der Waals surface area contributed by atoms with Crippen LogP contribution < -0.4 is 14.4 Å². The van der Waals surface area contributed by atoms with Gasteiger partial charge in [0, 0.05) is 21.9 Å². The van der Waals surface area contributed by atoms with Crippen LogP contribution in [-0.2, 0) is 4.79 Å². The fourth-order valence-corrected chi connectivity index (χ4v) is 5.32. The minimum atomic E-state index is -0.551. The van der Waals surface area contributed by atoms with E-state index in [1.807, 2.05) is 72.1 Å². The first-order valence-corrected chi connectivity index (χ1v) is 12.8. The summed E-state index contributed by atoms with van der Waals surface area (Å²) in [6, 6.07) is 30.2. The summed E-state index contributed by atoms with van der Waals surface area (Å²) in [5.41, 5.74) is 3.65. The number of thiazole rings is 1. The van der Waals surface area contributed by atoms with Crippen LogP contribution in [0.15, 0.2) is 96.4 Å². The Kier molecular flexibility index (Phi) is 5.87. The van der Waals surface area contributed by atoms with Crippen LogP contribution >= 0.6 is 11.3 Å². The number of anilines is 1. The second-order valence-corrected chi connectivity index (χ2v) is 9.52. The molecule has 0 bridgehead atoms. The fourth-order valence-electron chi connectivity index (χ4n) is 4.49. The molecule has 4 aromatic carbocycles. The molecular formula is C30H24N2O3S. The number of ether oxygens (including phenoxy) is 2. The van der Waals surface area contributed by atoms with Crippen LogP contribution in [0.3, 0.4) is 0 Å². The zero-order chi connectivity index (χ0) is 24.5. The number of rotatable bonds is 6. The third-order valence-corrected chi connectivity index (χ3v) is 7.20. The van der Waals surface area contributed by atoms with Crippen LogP contribution in [0.5, 0.6) is 11.5 Å². The van der Waals surface area contributed by atoms with E-state index in [4.69, 9.17) is 14.5 Å². The lowest BCUT2D eigenvalue weighted by Crippen LogP contribution is -2.46. The molecule has 0 saturated carbocycles. The van der Waals surface area contributed by atoms with E-state index >= 15 is 0 Å². The summed E-state index contributed by atoms with van der Waals surface area (Å²) in [5, 5.41) is 5.19. The molecule has 1 unspecified atom stereocenters. The molecule has 0 aliphatic carbocycles. The van der Waals surface area contributed by atoms with Gasteiger partial charge in [-0.15, -0.1) is 11.3 Å². The molecule has 1 aromatic heterocycles. The summed E-state index contributed by atoms with van der Waals surface area (Å²) in [5.74, 6) is 1.42. The smallest absolute Gasteiger partial charge is 0.267 e. The van der Waals surface area contributed by atoms with E-state index in [-0.39, 0.29) is 5.91 Å². The Morgan fingerprint density at radius 2 is 1.75 bits per heavy atom. The third-order valence-electron chi connectivity index (χ3n) is 6.31. The summed E-state index contributed by atoms with van der Waals surface area (Å²) >= 11 is 1.61. The lowest BCUT2D eigenvalue weighted by Gasteiger charge is -2.33. The van der Waals surface area contributed by atoms with Crippen molar-refractivity contribution in [3.05, 3.63) is 96.4 Å². The first-order valence-electron chi connectivity index (χ1n) is 11.9. The van der Waals surface area contributed by atoms with Crippen molar-refractivity contribution >= 4 is 33.7 Å². The Morgan fingerprint density at radius 1 is 0.944 bits per heavy atom. The Balaban J connectivity index is 1.26. The fraction of sp³-hybridized carbons (Fsp3) is 0.133. The highest BCUT2D eigenvalue weighted by Crippen LogP contribution is 2.38. The average Bonchev–Trinajstić information content (AvgIpc) is 3.42. The maximum Gasteiger partial charge on any atom is 0.267 e. The summed E-state index contributed by atoms with van der Waals surface area (Å²) < 4.78 is 12.1. The van der Waals surface area contributed by atoms with E-state index in [1.165, 1.54) is 0 Å². The zero-order valence-electron chi connectivity index (χ0n) is 19.8. The van der Waals surface area contributed by atoms with Gasteiger partial charge >= 0.3 is 0 Å². The van der Waals surface area contributed by atoms with Gasteiger partial charge in [0.15, 0.2) is 6.10 Å². The van der Waals surface area contributed by atoms with Gasteiger partial charge in [-0.05, 0) is 36.6 Å². The molecule has 5 nitrogen and oxygen atoms in total. The van der Waals surface area contributed by atoms with E-state index < -0.39 is 6.10 Å². The maximum absolute atomic E-state index is 13.1. The highest BCUT2D eigenvalue weighted by Gasteiger charge is 2.32. The number of fused-ring (bicyclic) bond motifs is 2. The predicted octanol–water partition coefficient (Wildman–Crippen LogP) is 6.82. The van der Waals surface area contributed by atoms with Crippen molar-refractivity contribution in [1.82, 2.24) is 4.98 Å². The van der Waals surface area contributed by atoms with Gasteiger partial charge in [0.05, 0.1) is 17.9 Å². The highest BCUT2D eigenvalue weighted by atomic mass is 32.1. The lowest BCUT2D eigenvalue weighted by molar-refractivity contribution is -0.125. The number of carbonyl (C=O) groups excluding carboxylic acids is 1. The molecule has 0 saturated heterocycles. The normalized spacial score (nSPS) is 15.0. The van der Waals surface area contributed by atoms with Crippen LogP contribution in [0.4, 0.5) is 5.69 Å². The van der Waals surface area contributed by atoms with Crippen molar-refractivity contribution in [2.75, 3.05) is 18.1 Å². The molecule has 1 atom stereocenters. The SMILES string of the molecule is CC1Oc2ccc(-c3csc(-c4ccccc4)n3)cc2N(CCOc2cccc3ccccc23)C1=O. The second kappa shape index (κ2) is 9.47. The molecule has 5 aromatic rings. The molecule has 0 spiro atoms. The minimum absolute atomic E-state index is 0.0792. The van der Waals surface area contributed by atoms with Gasteiger partial charge in [0.1, 0.15) is 23.1 Å². The van der Waals surface area contributed by atoms with Gasteiger partial charge in [0.2, 0.25) is 0 Å². The van der Waals surface area contributed by atoms with Gasteiger partial charge in [-0.2, -0.15) is 0 Å². The van der Waals surface area contributed by atoms with Gasteiger partial charge in [-0.1, -0.05) is 66.7 Å². The number of aromatic nitrogens is 1. The Labute approximate surface area is 213 Å². The molecule has 1 aliphatic rings.